The molecular formula is C18H17N3O5S. The van der Waals surface area contributed by atoms with Crippen molar-refractivity contribution in [1.82, 2.24) is 0 Å². The van der Waals surface area contributed by atoms with Crippen LogP contribution in [-0.2, 0) is 16.6 Å². The van der Waals surface area contributed by atoms with Crippen LogP contribution in [0.2, 0.25) is 0 Å². The van der Waals surface area contributed by atoms with Crippen molar-refractivity contribution < 1.29 is 17.6 Å². The predicted octanol–water partition coefficient (Wildman–Crippen LogP) is 1.41. The number of fused-ring (bicyclic) bond motifs is 1. The minimum atomic E-state index is -3.90. The van der Waals surface area contributed by atoms with Gasteiger partial charge in [0.05, 0.1) is 5.69 Å². The number of carbonyl (C=O) groups is 1. The molecule has 1 aromatic heterocycles. The molecule has 2 aromatic carbocycles. The standard InChI is InChI=1S/C18H17N3O5S/c1-10-14-9-12(17(19)22)5-6-16(14)26-18(23)15(10)8-11-3-2-4-13(7-11)21-27(20,24)25/h2-7,9,21H,8H2,1H3,(H2,19,22)(H2,20,24,25). The highest BCUT2D eigenvalue weighted by molar-refractivity contribution is 7.90. The van der Waals surface area contributed by atoms with E-state index in [1.54, 1.807) is 37.3 Å². The Morgan fingerprint density at radius 1 is 1.19 bits per heavy atom. The summed E-state index contributed by atoms with van der Waals surface area (Å²) in [4.78, 5) is 23.8. The number of primary amides is 1. The van der Waals surface area contributed by atoms with Gasteiger partial charge in [0, 0.05) is 22.9 Å². The lowest BCUT2D eigenvalue weighted by atomic mass is 9.98. The predicted molar refractivity (Wildman–Crippen MR) is 102 cm³/mol. The number of carbonyl (C=O) groups excluding carboxylic acids is 1. The molecule has 0 aliphatic rings. The first-order valence-electron chi connectivity index (χ1n) is 7.89. The van der Waals surface area contributed by atoms with Crippen molar-refractivity contribution in [3.8, 4) is 0 Å². The highest BCUT2D eigenvalue weighted by Gasteiger charge is 2.14. The molecule has 0 spiro atoms. The van der Waals surface area contributed by atoms with Crippen LogP contribution in [0.15, 0.2) is 51.7 Å². The molecule has 9 heteroatoms. The summed E-state index contributed by atoms with van der Waals surface area (Å²) in [6.07, 6.45) is 0.213. The van der Waals surface area contributed by atoms with Crippen molar-refractivity contribution in [3.63, 3.8) is 0 Å². The first-order valence-corrected chi connectivity index (χ1v) is 9.44. The summed E-state index contributed by atoms with van der Waals surface area (Å²) in [5.41, 5.74) is 7.51. The molecule has 27 heavy (non-hydrogen) atoms. The van der Waals surface area contributed by atoms with E-state index in [0.717, 1.165) is 0 Å². The molecule has 0 bridgehead atoms. The Hall–Kier alpha value is -3.17. The summed E-state index contributed by atoms with van der Waals surface area (Å²) < 4.78 is 29.9. The second kappa shape index (κ2) is 6.86. The van der Waals surface area contributed by atoms with Crippen LogP contribution in [0.1, 0.15) is 27.0 Å². The van der Waals surface area contributed by atoms with Crippen LogP contribution in [0.3, 0.4) is 0 Å². The normalized spacial score (nSPS) is 11.5. The van der Waals surface area contributed by atoms with Crippen LogP contribution in [-0.4, -0.2) is 14.3 Å². The lowest BCUT2D eigenvalue weighted by Crippen LogP contribution is -2.21. The molecule has 0 saturated carbocycles. The van der Waals surface area contributed by atoms with E-state index in [2.05, 4.69) is 4.72 Å². The van der Waals surface area contributed by atoms with Gasteiger partial charge in [-0.15, -0.1) is 0 Å². The molecule has 0 unspecified atom stereocenters. The van der Waals surface area contributed by atoms with Crippen LogP contribution in [0.4, 0.5) is 5.69 Å². The second-order valence-electron chi connectivity index (χ2n) is 6.09. The van der Waals surface area contributed by atoms with E-state index in [4.69, 9.17) is 15.3 Å². The van der Waals surface area contributed by atoms with Crippen LogP contribution >= 0.6 is 0 Å². The number of aryl methyl sites for hydroxylation is 1. The van der Waals surface area contributed by atoms with Crippen molar-refractivity contribution in [2.75, 3.05) is 4.72 Å². The van der Waals surface area contributed by atoms with Crippen molar-refractivity contribution in [1.29, 1.82) is 0 Å². The molecule has 3 rings (SSSR count). The fraction of sp³-hybridized carbons (Fsp3) is 0.111. The molecule has 1 heterocycles. The Labute approximate surface area is 155 Å². The summed E-state index contributed by atoms with van der Waals surface area (Å²) in [7, 11) is -3.90. The van der Waals surface area contributed by atoms with Crippen molar-refractivity contribution in [2.45, 2.75) is 13.3 Å². The molecule has 1 amide bonds. The third-order valence-corrected chi connectivity index (χ3v) is 4.66. The van der Waals surface area contributed by atoms with Crippen LogP contribution < -0.4 is 21.2 Å². The second-order valence-corrected chi connectivity index (χ2v) is 7.39. The number of benzene rings is 2. The summed E-state index contributed by atoms with van der Waals surface area (Å²) >= 11 is 0. The molecule has 0 atom stereocenters. The highest BCUT2D eigenvalue weighted by atomic mass is 32.2. The fourth-order valence-corrected chi connectivity index (χ4v) is 3.32. The summed E-state index contributed by atoms with van der Waals surface area (Å²) in [6, 6.07) is 11.1. The van der Waals surface area contributed by atoms with Gasteiger partial charge in [-0.05, 0) is 48.4 Å². The SMILES string of the molecule is Cc1c(Cc2cccc(NS(N)(=O)=O)c2)c(=O)oc2ccc(C(N)=O)cc12. The lowest BCUT2D eigenvalue weighted by molar-refractivity contribution is 0.100. The molecule has 5 N–H and O–H groups in total. The zero-order chi connectivity index (χ0) is 19.8. The zero-order valence-corrected chi connectivity index (χ0v) is 15.2. The van der Waals surface area contributed by atoms with E-state index in [1.165, 1.54) is 12.1 Å². The van der Waals surface area contributed by atoms with Crippen molar-refractivity contribution in [2.24, 2.45) is 10.9 Å². The molecule has 0 saturated heterocycles. The molecule has 0 aliphatic heterocycles. The van der Waals surface area contributed by atoms with Gasteiger partial charge in [0.25, 0.3) is 10.2 Å². The third kappa shape index (κ3) is 4.15. The lowest BCUT2D eigenvalue weighted by Gasteiger charge is -2.10. The molecular weight excluding hydrogens is 370 g/mol. The van der Waals surface area contributed by atoms with Gasteiger partial charge in [0.2, 0.25) is 5.91 Å². The smallest absolute Gasteiger partial charge is 0.340 e. The van der Waals surface area contributed by atoms with Gasteiger partial charge in [0.15, 0.2) is 0 Å². The number of nitrogens with one attached hydrogen (secondary N) is 1. The van der Waals surface area contributed by atoms with E-state index < -0.39 is 21.7 Å². The van der Waals surface area contributed by atoms with E-state index in [9.17, 15) is 18.0 Å². The van der Waals surface area contributed by atoms with E-state index in [-0.39, 0.29) is 12.1 Å². The van der Waals surface area contributed by atoms with Crippen LogP contribution in [0, 0.1) is 6.92 Å². The number of anilines is 1. The van der Waals surface area contributed by atoms with Gasteiger partial charge >= 0.3 is 5.63 Å². The quantitative estimate of drug-likeness (QED) is 0.567. The van der Waals surface area contributed by atoms with Crippen LogP contribution in [0.25, 0.3) is 11.0 Å². The molecule has 3 aromatic rings. The largest absolute Gasteiger partial charge is 0.423 e. The van der Waals surface area contributed by atoms with Crippen molar-refractivity contribution >= 4 is 32.8 Å². The van der Waals surface area contributed by atoms with E-state index in [0.29, 0.717) is 33.2 Å². The number of hydrogen-bond donors (Lipinski definition) is 3. The average molecular weight is 387 g/mol. The molecule has 0 radical (unpaired) electrons. The summed E-state index contributed by atoms with van der Waals surface area (Å²) in [5.74, 6) is -0.578. The maximum absolute atomic E-state index is 12.4. The summed E-state index contributed by atoms with van der Waals surface area (Å²) in [5, 5.41) is 5.59. The Morgan fingerprint density at radius 3 is 2.59 bits per heavy atom. The number of rotatable bonds is 5. The van der Waals surface area contributed by atoms with Gasteiger partial charge in [-0.1, -0.05) is 12.1 Å². The first kappa shape index (κ1) is 18.6. The molecule has 0 fully saturated rings. The number of nitrogens with two attached hydrogens (primary N) is 2. The van der Waals surface area contributed by atoms with Crippen LogP contribution in [0.5, 0.6) is 0 Å². The Kier molecular flexibility index (Phi) is 4.73. The van der Waals surface area contributed by atoms with E-state index >= 15 is 0 Å². The van der Waals surface area contributed by atoms with Gasteiger partial charge < -0.3 is 10.2 Å². The van der Waals surface area contributed by atoms with Gasteiger partial charge in [0.1, 0.15) is 5.58 Å². The maximum Gasteiger partial charge on any atom is 0.340 e. The third-order valence-electron chi connectivity index (χ3n) is 4.14. The monoisotopic (exact) mass is 387 g/mol. The van der Waals surface area contributed by atoms with Gasteiger partial charge in [-0.25, -0.2) is 9.93 Å². The van der Waals surface area contributed by atoms with E-state index in [1.807, 2.05) is 0 Å². The first-order chi connectivity index (χ1) is 12.6. The van der Waals surface area contributed by atoms with Crippen molar-refractivity contribution in [3.05, 3.63) is 75.1 Å². The number of hydrogen-bond acceptors (Lipinski definition) is 5. The maximum atomic E-state index is 12.4. The Balaban J connectivity index is 2.06. The zero-order valence-electron chi connectivity index (χ0n) is 14.4. The van der Waals surface area contributed by atoms with Gasteiger partial charge in [-0.3, -0.25) is 9.52 Å². The average Bonchev–Trinajstić information content (AvgIpc) is 2.57. The molecule has 140 valence electrons. The fourth-order valence-electron chi connectivity index (χ4n) is 2.86. The Morgan fingerprint density at radius 2 is 1.93 bits per heavy atom. The number of amides is 1. The molecule has 8 nitrogen and oxygen atoms in total. The van der Waals surface area contributed by atoms with Gasteiger partial charge in [-0.2, -0.15) is 8.42 Å². The minimum Gasteiger partial charge on any atom is -0.423 e. The topological polar surface area (TPSA) is 145 Å². The molecule has 0 aliphatic carbocycles. The summed E-state index contributed by atoms with van der Waals surface area (Å²) in [6.45, 7) is 1.76. The Bertz CT molecular complexity index is 1220. The minimum absolute atomic E-state index is 0.213. The highest BCUT2D eigenvalue weighted by Crippen LogP contribution is 2.23.